The highest BCUT2D eigenvalue weighted by Crippen LogP contribution is 2.22. The fourth-order valence-electron chi connectivity index (χ4n) is 2.72. The van der Waals surface area contributed by atoms with Crippen molar-refractivity contribution in [2.24, 2.45) is 0 Å². The number of halogens is 1. The summed E-state index contributed by atoms with van der Waals surface area (Å²) in [5, 5.41) is 3.89. The zero-order valence-electron chi connectivity index (χ0n) is 15.5. The van der Waals surface area contributed by atoms with Crippen molar-refractivity contribution in [1.29, 1.82) is 0 Å². The Labute approximate surface area is 169 Å². The van der Waals surface area contributed by atoms with E-state index in [1.54, 1.807) is 20.8 Å². The Morgan fingerprint density at radius 3 is 2.71 bits per heavy atom. The number of aromatic amines is 1. The molecule has 0 aliphatic rings. The van der Waals surface area contributed by atoms with Crippen LogP contribution in [0.1, 0.15) is 44.9 Å². The first kappa shape index (κ1) is 19.8. The maximum Gasteiger partial charge on any atom is 0.355 e. The molecule has 0 bridgehead atoms. The normalized spacial score (nSPS) is 10.7. The van der Waals surface area contributed by atoms with Gasteiger partial charge in [-0.2, -0.15) is 4.98 Å². The number of aromatic nitrogens is 3. The lowest BCUT2D eigenvalue weighted by Crippen LogP contribution is -2.09. The molecule has 0 atom stereocenters. The number of aryl methyl sites for hydroxylation is 1. The zero-order valence-corrected chi connectivity index (χ0v) is 17.1. The maximum absolute atomic E-state index is 12.4. The van der Waals surface area contributed by atoms with E-state index in [4.69, 9.17) is 14.0 Å². The fraction of sp³-hybridized carbons (Fsp3) is 0.263. The van der Waals surface area contributed by atoms with E-state index in [9.17, 15) is 9.59 Å². The Balaban J connectivity index is 1.70. The third kappa shape index (κ3) is 4.14. The van der Waals surface area contributed by atoms with Crippen LogP contribution in [-0.2, 0) is 16.1 Å². The molecule has 0 aliphatic heterocycles. The highest BCUT2D eigenvalue weighted by molar-refractivity contribution is 9.10. The summed E-state index contributed by atoms with van der Waals surface area (Å²) < 4.78 is 16.3. The molecule has 8 nitrogen and oxygen atoms in total. The van der Waals surface area contributed by atoms with Gasteiger partial charge in [0, 0.05) is 15.7 Å². The van der Waals surface area contributed by atoms with Crippen LogP contribution in [0.25, 0.3) is 11.4 Å². The zero-order chi connectivity index (χ0) is 20.3. The molecule has 0 radical (unpaired) electrons. The smallest absolute Gasteiger partial charge is 0.355 e. The Morgan fingerprint density at radius 1 is 1.21 bits per heavy atom. The quantitative estimate of drug-likeness (QED) is 0.569. The van der Waals surface area contributed by atoms with Gasteiger partial charge in [0.15, 0.2) is 6.61 Å². The molecule has 1 aromatic carbocycles. The summed E-state index contributed by atoms with van der Waals surface area (Å²) >= 11 is 3.38. The number of esters is 2. The number of nitrogens with one attached hydrogen (secondary N) is 1. The summed E-state index contributed by atoms with van der Waals surface area (Å²) in [4.78, 5) is 31.5. The molecule has 28 heavy (non-hydrogen) atoms. The minimum atomic E-state index is -0.627. The van der Waals surface area contributed by atoms with Gasteiger partial charge in [-0.15, -0.1) is 0 Å². The third-order valence-electron chi connectivity index (χ3n) is 4.00. The standard InChI is InChI=1S/C19H18BrN3O5/c1-4-26-18(24)15-10(2)16(21-11(15)3)19(25)27-9-14-22-17(23-28-14)12-6-5-7-13(20)8-12/h5-8,21H,4,9H2,1-3H3. The molecule has 9 heteroatoms. The molecule has 0 fully saturated rings. The van der Waals surface area contributed by atoms with Crippen molar-refractivity contribution in [1.82, 2.24) is 15.1 Å². The summed E-state index contributed by atoms with van der Waals surface area (Å²) in [6.45, 7) is 5.13. The van der Waals surface area contributed by atoms with Gasteiger partial charge < -0.3 is 19.0 Å². The topological polar surface area (TPSA) is 107 Å². The molecule has 2 aromatic heterocycles. The summed E-state index contributed by atoms with van der Waals surface area (Å²) in [6, 6.07) is 7.43. The van der Waals surface area contributed by atoms with Crippen molar-refractivity contribution < 1.29 is 23.6 Å². The fourth-order valence-corrected chi connectivity index (χ4v) is 3.12. The average Bonchev–Trinajstić information content (AvgIpc) is 3.24. The first-order valence-corrected chi connectivity index (χ1v) is 9.32. The second-order valence-corrected chi connectivity index (χ2v) is 6.86. The average molecular weight is 448 g/mol. The van der Waals surface area contributed by atoms with Gasteiger partial charge in [0.2, 0.25) is 5.82 Å². The lowest BCUT2D eigenvalue weighted by molar-refractivity contribution is 0.0422. The van der Waals surface area contributed by atoms with Gasteiger partial charge in [-0.1, -0.05) is 33.2 Å². The van der Waals surface area contributed by atoms with E-state index in [0.717, 1.165) is 10.0 Å². The number of hydrogen-bond donors (Lipinski definition) is 1. The minimum Gasteiger partial charge on any atom is -0.462 e. The predicted octanol–water partition coefficient (Wildman–Crippen LogP) is 3.98. The molecule has 146 valence electrons. The van der Waals surface area contributed by atoms with E-state index >= 15 is 0 Å². The van der Waals surface area contributed by atoms with Gasteiger partial charge in [-0.05, 0) is 38.5 Å². The third-order valence-corrected chi connectivity index (χ3v) is 4.49. The largest absolute Gasteiger partial charge is 0.462 e. The lowest BCUT2D eigenvalue weighted by atomic mass is 10.1. The second-order valence-electron chi connectivity index (χ2n) is 5.94. The first-order chi connectivity index (χ1) is 13.4. The Bertz CT molecular complexity index is 1020. The monoisotopic (exact) mass is 447 g/mol. The summed E-state index contributed by atoms with van der Waals surface area (Å²) in [5.74, 6) is -0.555. The van der Waals surface area contributed by atoms with Crippen LogP contribution in [-0.4, -0.2) is 33.7 Å². The van der Waals surface area contributed by atoms with Gasteiger partial charge in [-0.3, -0.25) is 0 Å². The molecule has 3 rings (SSSR count). The summed E-state index contributed by atoms with van der Waals surface area (Å²) in [6.07, 6.45) is 0. The minimum absolute atomic E-state index is 0.162. The van der Waals surface area contributed by atoms with Crippen molar-refractivity contribution in [3.8, 4) is 11.4 Å². The van der Waals surface area contributed by atoms with Crippen LogP contribution >= 0.6 is 15.9 Å². The first-order valence-electron chi connectivity index (χ1n) is 8.52. The van der Waals surface area contributed by atoms with Crippen LogP contribution in [0.3, 0.4) is 0 Å². The predicted molar refractivity (Wildman–Crippen MR) is 103 cm³/mol. The van der Waals surface area contributed by atoms with Crippen molar-refractivity contribution in [3.63, 3.8) is 0 Å². The van der Waals surface area contributed by atoms with E-state index < -0.39 is 11.9 Å². The number of carbonyl (C=O) groups excluding carboxylic acids is 2. The lowest BCUT2D eigenvalue weighted by Gasteiger charge is -2.03. The van der Waals surface area contributed by atoms with E-state index in [2.05, 4.69) is 31.1 Å². The number of benzene rings is 1. The molecule has 3 aromatic rings. The molecule has 0 aliphatic carbocycles. The van der Waals surface area contributed by atoms with Crippen LogP contribution in [0, 0.1) is 13.8 Å². The van der Waals surface area contributed by atoms with E-state index in [0.29, 0.717) is 22.6 Å². The van der Waals surface area contributed by atoms with Crippen LogP contribution in [0.15, 0.2) is 33.3 Å². The molecule has 0 saturated heterocycles. The Morgan fingerprint density at radius 2 is 2.00 bits per heavy atom. The van der Waals surface area contributed by atoms with E-state index in [-0.39, 0.29) is 24.8 Å². The van der Waals surface area contributed by atoms with Crippen LogP contribution < -0.4 is 0 Å². The SMILES string of the molecule is CCOC(=O)c1c(C)[nH]c(C(=O)OCc2nc(-c3cccc(Br)c3)no2)c1C. The molecule has 2 heterocycles. The van der Waals surface area contributed by atoms with Crippen molar-refractivity contribution in [2.75, 3.05) is 6.61 Å². The van der Waals surface area contributed by atoms with Gasteiger partial charge in [0.25, 0.3) is 5.89 Å². The van der Waals surface area contributed by atoms with Gasteiger partial charge in [0.05, 0.1) is 12.2 Å². The maximum atomic E-state index is 12.4. The van der Waals surface area contributed by atoms with Crippen molar-refractivity contribution in [2.45, 2.75) is 27.4 Å². The highest BCUT2D eigenvalue weighted by Gasteiger charge is 2.24. The Kier molecular flexibility index (Phi) is 5.93. The molecule has 0 unspecified atom stereocenters. The number of carbonyl (C=O) groups is 2. The molecule has 1 N–H and O–H groups in total. The molecular formula is C19H18BrN3O5. The van der Waals surface area contributed by atoms with Crippen LogP contribution in [0.5, 0.6) is 0 Å². The summed E-state index contributed by atoms with van der Waals surface area (Å²) in [5.41, 5.74) is 2.31. The molecule has 0 saturated carbocycles. The van der Waals surface area contributed by atoms with Crippen molar-refractivity contribution >= 4 is 27.9 Å². The van der Waals surface area contributed by atoms with E-state index in [1.165, 1.54) is 0 Å². The molecular weight excluding hydrogens is 430 g/mol. The number of nitrogens with zero attached hydrogens (tertiary/aromatic N) is 2. The van der Waals surface area contributed by atoms with Gasteiger partial charge >= 0.3 is 11.9 Å². The van der Waals surface area contributed by atoms with Crippen molar-refractivity contribution in [3.05, 3.63) is 57.1 Å². The number of hydrogen-bond acceptors (Lipinski definition) is 7. The highest BCUT2D eigenvalue weighted by atomic mass is 79.9. The molecule has 0 spiro atoms. The number of ether oxygens (including phenoxy) is 2. The summed E-state index contributed by atoms with van der Waals surface area (Å²) in [7, 11) is 0. The number of H-pyrrole nitrogens is 1. The second kappa shape index (κ2) is 8.39. The van der Waals surface area contributed by atoms with Gasteiger partial charge in [-0.25, -0.2) is 9.59 Å². The molecule has 0 amide bonds. The van der Waals surface area contributed by atoms with Gasteiger partial charge in [0.1, 0.15) is 5.69 Å². The van der Waals surface area contributed by atoms with E-state index in [1.807, 2.05) is 24.3 Å². The van der Waals surface area contributed by atoms with Crippen LogP contribution in [0.2, 0.25) is 0 Å². The number of rotatable bonds is 6. The Hall–Kier alpha value is -2.94. The van der Waals surface area contributed by atoms with Crippen LogP contribution in [0.4, 0.5) is 0 Å².